The Balaban J connectivity index is 1.59. The Morgan fingerprint density at radius 3 is 1.80 bits per heavy atom. The van der Waals surface area contributed by atoms with Crippen LogP contribution in [0.1, 0.15) is 50.7 Å². The molecule has 2 atom stereocenters. The minimum absolute atomic E-state index is 0.140. The van der Waals surface area contributed by atoms with Gasteiger partial charge in [0.25, 0.3) is 0 Å². The Kier molecular flexibility index (Phi) is 12.8. The molecule has 0 amide bonds. The minimum Gasteiger partial charge on any atom is -0.490 e. The second-order valence-corrected chi connectivity index (χ2v) is 11.6. The van der Waals surface area contributed by atoms with Gasteiger partial charge in [0, 0.05) is 46.4 Å². The quantitative estimate of drug-likeness (QED) is 0.162. The van der Waals surface area contributed by atoms with Gasteiger partial charge in [-0.15, -0.1) is 0 Å². The average molecular weight is 581 g/mol. The first kappa shape index (κ1) is 31.4. The smallest absolute Gasteiger partial charge is 0.131 e. The number of fused-ring (bicyclic) bond motifs is 2. The highest BCUT2D eigenvalue weighted by atomic mass is 32.2. The summed E-state index contributed by atoms with van der Waals surface area (Å²) in [5.41, 5.74) is 2.12. The molecule has 0 aromatic heterocycles. The summed E-state index contributed by atoms with van der Waals surface area (Å²) < 4.78 is 24.0. The molecule has 4 rings (SSSR count). The fourth-order valence-corrected chi connectivity index (χ4v) is 5.76. The Bertz CT molecular complexity index is 1240. The first-order chi connectivity index (χ1) is 20.1. The number of ether oxygens (including phenoxy) is 4. The largest absolute Gasteiger partial charge is 0.490 e. The lowest BCUT2D eigenvalue weighted by atomic mass is 9.90. The first-order valence-corrected chi connectivity index (χ1v) is 15.7. The molecule has 3 aromatic rings. The molecule has 7 heteroatoms. The number of aliphatic hydroxyl groups excluding tert-OH is 2. The number of allylic oxidation sites excluding steroid dienone is 2. The lowest BCUT2D eigenvalue weighted by Crippen LogP contribution is -2.25. The van der Waals surface area contributed by atoms with E-state index in [-0.39, 0.29) is 26.4 Å². The Morgan fingerprint density at radius 2 is 1.24 bits per heavy atom. The minimum atomic E-state index is -0.725. The van der Waals surface area contributed by atoms with E-state index in [0.717, 1.165) is 59.1 Å². The lowest BCUT2D eigenvalue weighted by molar-refractivity contribution is 0.0108. The Labute approximate surface area is 248 Å². The van der Waals surface area contributed by atoms with E-state index in [1.807, 2.05) is 30.3 Å². The third-order valence-corrected chi connectivity index (χ3v) is 8.03. The predicted octanol–water partition coefficient (Wildman–Crippen LogP) is 6.73. The van der Waals surface area contributed by atoms with Gasteiger partial charge in [0.15, 0.2) is 0 Å². The van der Waals surface area contributed by atoms with E-state index < -0.39 is 12.2 Å². The van der Waals surface area contributed by atoms with E-state index >= 15 is 0 Å². The summed E-state index contributed by atoms with van der Waals surface area (Å²) in [6.07, 6.45) is 6.25. The number of unbranched alkanes of at least 4 members (excludes halogenated alkanes) is 2. The summed E-state index contributed by atoms with van der Waals surface area (Å²) in [4.78, 5) is 2.43. The molecule has 0 heterocycles. The number of aliphatic hydroxyl groups is 2. The van der Waals surface area contributed by atoms with Gasteiger partial charge in [0.1, 0.15) is 36.9 Å². The zero-order chi connectivity index (χ0) is 28.9. The molecule has 41 heavy (non-hydrogen) atoms. The van der Waals surface area contributed by atoms with Gasteiger partial charge in [0.2, 0.25) is 0 Å². The zero-order valence-electron chi connectivity index (χ0n) is 24.3. The SMILES string of the molecule is CCCCOCC(O)COc1c2c(c(OCC(O)COCCCC)c3ccccc13)CC(Sc1ccccc1)=CC2. The van der Waals surface area contributed by atoms with Crippen molar-refractivity contribution in [2.45, 2.75) is 69.5 Å². The summed E-state index contributed by atoms with van der Waals surface area (Å²) in [5, 5.41) is 23.0. The van der Waals surface area contributed by atoms with Crippen molar-refractivity contribution in [2.24, 2.45) is 0 Å². The van der Waals surface area contributed by atoms with Crippen LogP contribution in [0.3, 0.4) is 0 Å². The molecule has 2 N–H and O–H groups in total. The maximum atomic E-state index is 10.6. The predicted molar refractivity (Wildman–Crippen MR) is 166 cm³/mol. The van der Waals surface area contributed by atoms with Gasteiger partial charge < -0.3 is 29.2 Å². The van der Waals surface area contributed by atoms with Gasteiger partial charge in [-0.05, 0) is 36.3 Å². The molecule has 222 valence electrons. The van der Waals surface area contributed by atoms with Crippen molar-refractivity contribution in [3.63, 3.8) is 0 Å². The molecule has 6 nitrogen and oxygen atoms in total. The van der Waals surface area contributed by atoms with Crippen LogP contribution in [0, 0.1) is 0 Å². The lowest BCUT2D eigenvalue weighted by Gasteiger charge is -2.26. The summed E-state index contributed by atoms with van der Waals surface area (Å²) in [6.45, 7) is 6.29. The topological polar surface area (TPSA) is 77.4 Å². The van der Waals surface area contributed by atoms with Crippen LogP contribution in [-0.2, 0) is 22.3 Å². The van der Waals surface area contributed by atoms with Crippen LogP contribution in [0.15, 0.2) is 70.5 Å². The van der Waals surface area contributed by atoms with Crippen LogP contribution >= 0.6 is 11.8 Å². The summed E-state index contributed by atoms with van der Waals surface area (Å²) in [7, 11) is 0. The van der Waals surface area contributed by atoms with Crippen molar-refractivity contribution in [3.8, 4) is 11.5 Å². The molecule has 0 saturated heterocycles. The van der Waals surface area contributed by atoms with Gasteiger partial charge >= 0.3 is 0 Å². The van der Waals surface area contributed by atoms with Gasteiger partial charge in [-0.2, -0.15) is 0 Å². The summed E-state index contributed by atoms with van der Waals surface area (Å²) >= 11 is 1.76. The van der Waals surface area contributed by atoms with E-state index in [2.05, 4.69) is 44.2 Å². The molecular weight excluding hydrogens is 536 g/mol. The van der Waals surface area contributed by atoms with Crippen molar-refractivity contribution < 1.29 is 29.2 Å². The van der Waals surface area contributed by atoms with Gasteiger partial charge in [-0.25, -0.2) is 0 Å². The maximum absolute atomic E-state index is 10.6. The van der Waals surface area contributed by atoms with Crippen molar-refractivity contribution in [3.05, 3.63) is 76.7 Å². The van der Waals surface area contributed by atoms with Crippen LogP contribution in [0.2, 0.25) is 0 Å². The molecular formula is C34H44O6S. The van der Waals surface area contributed by atoms with Crippen LogP contribution in [0.25, 0.3) is 10.8 Å². The molecule has 0 saturated carbocycles. The van der Waals surface area contributed by atoms with Gasteiger partial charge in [-0.3, -0.25) is 0 Å². The molecule has 2 unspecified atom stereocenters. The van der Waals surface area contributed by atoms with E-state index in [1.165, 1.54) is 9.80 Å². The normalized spacial score (nSPS) is 14.4. The maximum Gasteiger partial charge on any atom is 0.131 e. The molecule has 3 aromatic carbocycles. The van der Waals surface area contributed by atoms with Crippen LogP contribution in [-0.4, -0.2) is 62.1 Å². The molecule has 0 radical (unpaired) electrons. The summed E-state index contributed by atoms with van der Waals surface area (Å²) in [5.74, 6) is 1.55. The van der Waals surface area contributed by atoms with Crippen LogP contribution < -0.4 is 9.47 Å². The molecule has 1 aliphatic carbocycles. The number of hydrogen-bond donors (Lipinski definition) is 2. The number of rotatable bonds is 18. The Morgan fingerprint density at radius 1 is 0.707 bits per heavy atom. The highest BCUT2D eigenvalue weighted by molar-refractivity contribution is 8.03. The fourth-order valence-electron chi connectivity index (χ4n) is 4.78. The average Bonchev–Trinajstić information content (AvgIpc) is 2.99. The number of hydrogen-bond acceptors (Lipinski definition) is 7. The van der Waals surface area contributed by atoms with Crippen LogP contribution in [0.4, 0.5) is 0 Å². The van der Waals surface area contributed by atoms with Gasteiger partial charge in [-0.1, -0.05) is 87.0 Å². The van der Waals surface area contributed by atoms with E-state index in [1.54, 1.807) is 11.8 Å². The Hall–Kier alpha value is -2.55. The van der Waals surface area contributed by atoms with Crippen molar-refractivity contribution >= 4 is 22.5 Å². The highest BCUT2D eigenvalue weighted by Crippen LogP contribution is 2.46. The van der Waals surface area contributed by atoms with Crippen LogP contribution in [0.5, 0.6) is 11.5 Å². The molecule has 0 spiro atoms. The van der Waals surface area contributed by atoms with E-state index in [0.29, 0.717) is 26.1 Å². The summed E-state index contributed by atoms with van der Waals surface area (Å²) in [6, 6.07) is 18.4. The monoisotopic (exact) mass is 580 g/mol. The molecule has 0 fully saturated rings. The zero-order valence-corrected chi connectivity index (χ0v) is 25.2. The second-order valence-electron chi connectivity index (χ2n) is 10.4. The fraction of sp³-hybridized carbons (Fsp3) is 0.471. The molecule has 0 aliphatic heterocycles. The second kappa shape index (κ2) is 16.8. The number of benzene rings is 3. The third-order valence-electron chi connectivity index (χ3n) is 6.95. The third kappa shape index (κ3) is 9.22. The first-order valence-electron chi connectivity index (χ1n) is 14.9. The van der Waals surface area contributed by atoms with Crippen molar-refractivity contribution in [2.75, 3.05) is 39.6 Å². The van der Waals surface area contributed by atoms with Crippen molar-refractivity contribution in [1.82, 2.24) is 0 Å². The molecule has 0 bridgehead atoms. The highest BCUT2D eigenvalue weighted by Gasteiger charge is 2.26. The van der Waals surface area contributed by atoms with Crippen molar-refractivity contribution in [1.29, 1.82) is 0 Å². The number of thioether (sulfide) groups is 1. The standard InChI is InChI=1S/C34H44O6S/c1-3-5-18-37-21-25(35)23-39-33-29-14-10-11-15-30(29)34(40-24-26(36)22-38-19-6-4-2)32-20-28(16-17-31(32)33)41-27-12-8-7-9-13-27/h7-16,25-26,35-36H,3-6,17-24H2,1-2H3. The van der Waals surface area contributed by atoms with E-state index in [9.17, 15) is 10.2 Å². The molecule has 1 aliphatic rings. The van der Waals surface area contributed by atoms with E-state index in [4.69, 9.17) is 18.9 Å². The van der Waals surface area contributed by atoms with Gasteiger partial charge in [0.05, 0.1) is 13.2 Å².